The second-order valence-electron chi connectivity index (χ2n) is 4.99. The molecule has 0 unspecified atom stereocenters. The first-order chi connectivity index (χ1) is 9.90. The third-order valence-electron chi connectivity index (χ3n) is 3.58. The quantitative estimate of drug-likeness (QED) is 0.881. The maximum absolute atomic E-state index is 12.5. The van der Waals surface area contributed by atoms with Gasteiger partial charge in [-0.15, -0.1) is 0 Å². The van der Waals surface area contributed by atoms with Gasteiger partial charge in [-0.2, -0.15) is 9.82 Å². The van der Waals surface area contributed by atoms with Crippen LogP contribution in [0, 0.1) is 0 Å². The average molecular weight is 328 g/mol. The maximum atomic E-state index is 12.5. The molecule has 2 atom stereocenters. The van der Waals surface area contributed by atoms with Gasteiger partial charge in [0.25, 0.3) is 10.0 Å². The fraction of sp³-hybridized carbons (Fsp3) is 0.308. The number of aromatic nitrogens is 2. The summed E-state index contributed by atoms with van der Waals surface area (Å²) in [7, 11) is -2.38. The Hall–Kier alpha value is -1.41. The minimum atomic E-state index is -3.88. The van der Waals surface area contributed by atoms with Crippen molar-refractivity contribution in [2.75, 3.05) is 0 Å². The molecule has 112 valence electrons. The van der Waals surface area contributed by atoms with Crippen LogP contribution in [0.1, 0.15) is 17.2 Å². The van der Waals surface area contributed by atoms with E-state index < -0.39 is 22.2 Å². The van der Waals surface area contributed by atoms with E-state index in [9.17, 15) is 13.5 Å². The van der Waals surface area contributed by atoms with Gasteiger partial charge in [-0.05, 0) is 11.1 Å². The summed E-state index contributed by atoms with van der Waals surface area (Å²) in [6.07, 6.45) is 0.890. The summed E-state index contributed by atoms with van der Waals surface area (Å²) in [5.74, 6) is 0. The number of fused-ring (bicyclic) bond motifs is 1. The number of nitrogens with zero attached hydrogens (tertiary/aromatic N) is 2. The first-order valence-electron chi connectivity index (χ1n) is 6.36. The molecule has 1 aliphatic carbocycles. The molecule has 1 heterocycles. The summed E-state index contributed by atoms with van der Waals surface area (Å²) >= 11 is 5.89. The number of halogens is 1. The van der Waals surface area contributed by atoms with Crippen molar-refractivity contribution in [3.8, 4) is 0 Å². The Morgan fingerprint density at radius 2 is 2.14 bits per heavy atom. The largest absolute Gasteiger partial charge is 0.391 e. The van der Waals surface area contributed by atoms with Gasteiger partial charge < -0.3 is 5.11 Å². The normalized spacial score (nSPS) is 21.5. The Bertz CT molecular complexity index is 768. The number of aryl methyl sites for hydroxylation is 1. The summed E-state index contributed by atoms with van der Waals surface area (Å²) in [6.45, 7) is 0. The molecule has 21 heavy (non-hydrogen) atoms. The molecule has 0 spiro atoms. The van der Waals surface area contributed by atoms with Crippen LogP contribution in [-0.2, 0) is 23.5 Å². The molecular formula is C13H14ClN3O3S. The lowest BCUT2D eigenvalue weighted by atomic mass is 10.1. The molecule has 1 aromatic carbocycles. The van der Waals surface area contributed by atoms with E-state index in [4.69, 9.17) is 11.6 Å². The van der Waals surface area contributed by atoms with Crippen LogP contribution >= 0.6 is 11.6 Å². The Morgan fingerprint density at radius 1 is 1.43 bits per heavy atom. The molecule has 0 aliphatic heterocycles. The molecule has 1 aromatic heterocycles. The van der Waals surface area contributed by atoms with Crippen LogP contribution in [0.5, 0.6) is 0 Å². The molecule has 8 heteroatoms. The average Bonchev–Trinajstić information content (AvgIpc) is 2.91. The molecule has 2 aromatic rings. The van der Waals surface area contributed by atoms with Crippen molar-refractivity contribution in [3.63, 3.8) is 0 Å². The molecule has 6 nitrogen and oxygen atoms in total. The van der Waals surface area contributed by atoms with Crippen molar-refractivity contribution >= 4 is 21.6 Å². The number of sulfonamides is 1. The highest BCUT2D eigenvalue weighted by Crippen LogP contribution is 2.33. The summed E-state index contributed by atoms with van der Waals surface area (Å²) in [5.41, 5.74) is 1.72. The molecule has 0 saturated carbocycles. The van der Waals surface area contributed by atoms with Crippen molar-refractivity contribution in [1.29, 1.82) is 0 Å². The zero-order valence-electron chi connectivity index (χ0n) is 11.2. The molecular weight excluding hydrogens is 314 g/mol. The predicted octanol–water partition coefficient (Wildman–Crippen LogP) is 1.01. The molecule has 0 amide bonds. The smallest absolute Gasteiger partial charge is 0.259 e. The van der Waals surface area contributed by atoms with E-state index in [-0.39, 0.29) is 10.0 Å². The van der Waals surface area contributed by atoms with Gasteiger partial charge in [0.1, 0.15) is 0 Å². The van der Waals surface area contributed by atoms with Gasteiger partial charge in [0, 0.05) is 13.5 Å². The Morgan fingerprint density at radius 3 is 2.81 bits per heavy atom. The highest BCUT2D eigenvalue weighted by atomic mass is 35.5. The van der Waals surface area contributed by atoms with E-state index in [1.54, 1.807) is 0 Å². The Labute approximate surface area is 127 Å². The van der Waals surface area contributed by atoms with Crippen LogP contribution in [0.4, 0.5) is 0 Å². The van der Waals surface area contributed by atoms with Crippen LogP contribution in [0.2, 0.25) is 5.02 Å². The van der Waals surface area contributed by atoms with Crippen molar-refractivity contribution in [2.24, 2.45) is 7.05 Å². The van der Waals surface area contributed by atoms with Crippen LogP contribution in [0.25, 0.3) is 0 Å². The number of hydrogen-bond donors (Lipinski definition) is 2. The van der Waals surface area contributed by atoms with E-state index in [1.165, 1.54) is 17.9 Å². The number of rotatable bonds is 3. The zero-order valence-corrected chi connectivity index (χ0v) is 12.8. The van der Waals surface area contributed by atoms with Crippen molar-refractivity contribution in [3.05, 3.63) is 46.6 Å². The summed E-state index contributed by atoms with van der Waals surface area (Å²) in [6, 6.07) is 6.68. The van der Waals surface area contributed by atoms with E-state index in [0.717, 1.165) is 11.1 Å². The van der Waals surface area contributed by atoms with E-state index in [0.29, 0.717) is 6.42 Å². The number of aliphatic hydroxyl groups excluding tert-OH is 1. The van der Waals surface area contributed by atoms with Crippen molar-refractivity contribution in [1.82, 2.24) is 14.5 Å². The number of hydrogen-bond acceptors (Lipinski definition) is 4. The molecule has 1 aliphatic rings. The monoisotopic (exact) mass is 327 g/mol. The minimum absolute atomic E-state index is 0.0470. The molecule has 0 fully saturated rings. The first-order valence-corrected chi connectivity index (χ1v) is 8.22. The lowest BCUT2D eigenvalue weighted by molar-refractivity contribution is 0.151. The van der Waals surface area contributed by atoms with Gasteiger partial charge >= 0.3 is 0 Å². The van der Waals surface area contributed by atoms with E-state index >= 15 is 0 Å². The number of aliphatic hydroxyl groups is 1. The Kier molecular flexibility index (Phi) is 3.53. The lowest BCUT2D eigenvalue weighted by Crippen LogP contribution is -2.35. The van der Waals surface area contributed by atoms with Gasteiger partial charge in [0.15, 0.2) is 5.03 Å². The van der Waals surface area contributed by atoms with Crippen LogP contribution in [0.15, 0.2) is 35.5 Å². The Balaban J connectivity index is 1.97. The number of benzene rings is 1. The molecule has 0 radical (unpaired) electrons. The van der Waals surface area contributed by atoms with Gasteiger partial charge in [-0.25, -0.2) is 8.42 Å². The standard InChI is InChI=1S/C13H14ClN3O3S/c1-17-13(10(14)7-15-17)21(19,20)16-12-9-5-3-2-4-8(9)6-11(12)18/h2-5,7,11-12,16,18H,6H2,1H3/t11-,12+/m0/s1. The zero-order chi connectivity index (χ0) is 15.2. The molecule has 3 rings (SSSR count). The SMILES string of the molecule is Cn1ncc(Cl)c1S(=O)(=O)N[C@@H]1c2ccccc2C[C@@H]1O. The van der Waals surface area contributed by atoms with Gasteiger partial charge in [0.05, 0.1) is 23.4 Å². The third kappa shape index (κ3) is 2.46. The maximum Gasteiger partial charge on any atom is 0.259 e. The van der Waals surface area contributed by atoms with Gasteiger partial charge in [-0.3, -0.25) is 4.68 Å². The van der Waals surface area contributed by atoms with Crippen LogP contribution in [0.3, 0.4) is 0 Å². The first kappa shape index (κ1) is 14.5. The fourth-order valence-corrected chi connectivity index (χ4v) is 4.55. The summed E-state index contributed by atoms with van der Waals surface area (Å²) in [5, 5.41) is 13.9. The molecule has 0 saturated heterocycles. The molecule has 2 N–H and O–H groups in total. The minimum Gasteiger partial charge on any atom is -0.391 e. The third-order valence-corrected chi connectivity index (χ3v) is 5.53. The topological polar surface area (TPSA) is 84.2 Å². The predicted molar refractivity (Wildman–Crippen MR) is 77.4 cm³/mol. The number of nitrogens with one attached hydrogen (secondary N) is 1. The van der Waals surface area contributed by atoms with E-state index in [2.05, 4.69) is 9.82 Å². The highest BCUT2D eigenvalue weighted by molar-refractivity contribution is 7.89. The van der Waals surface area contributed by atoms with Gasteiger partial charge in [-0.1, -0.05) is 35.9 Å². The van der Waals surface area contributed by atoms with E-state index in [1.807, 2.05) is 24.3 Å². The lowest BCUT2D eigenvalue weighted by Gasteiger charge is -2.18. The highest BCUT2D eigenvalue weighted by Gasteiger charge is 2.35. The molecule has 0 bridgehead atoms. The summed E-state index contributed by atoms with van der Waals surface area (Å²) < 4.78 is 28.7. The fourth-order valence-electron chi connectivity index (χ4n) is 2.64. The second kappa shape index (κ2) is 5.10. The van der Waals surface area contributed by atoms with Crippen LogP contribution < -0.4 is 4.72 Å². The van der Waals surface area contributed by atoms with Crippen molar-refractivity contribution < 1.29 is 13.5 Å². The van der Waals surface area contributed by atoms with Gasteiger partial charge in [0.2, 0.25) is 0 Å². The summed E-state index contributed by atoms with van der Waals surface area (Å²) in [4.78, 5) is 0. The van der Waals surface area contributed by atoms with Crippen LogP contribution in [-0.4, -0.2) is 29.4 Å². The van der Waals surface area contributed by atoms with Crippen molar-refractivity contribution in [2.45, 2.75) is 23.6 Å². The second-order valence-corrected chi connectivity index (χ2v) is 7.03.